The maximum atomic E-state index is 13.9. The van der Waals surface area contributed by atoms with Crippen LogP contribution in [0, 0.1) is 0 Å². The van der Waals surface area contributed by atoms with E-state index >= 15 is 0 Å². The minimum absolute atomic E-state index is 0.0562. The summed E-state index contributed by atoms with van der Waals surface area (Å²) in [6, 6.07) is 30.7. The van der Waals surface area contributed by atoms with Crippen LogP contribution in [0.5, 0.6) is 5.75 Å². The van der Waals surface area contributed by atoms with Gasteiger partial charge in [-0.3, -0.25) is 19.2 Å². The van der Waals surface area contributed by atoms with Crippen LogP contribution in [-0.4, -0.2) is 44.7 Å². The van der Waals surface area contributed by atoms with Gasteiger partial charge < -0.3 is 9.72 Å². The van der Waals surface area contributed by atoms with Crippen LogP contribution in [-0.2, 0) is 11.2 Å². The maximum Gasteiger partial charge on any atom is 0.266 e. The molecule has 3 heterocycles. The number of hydrogen-bond donors (Lipinski definition) is 1. The standard InChI is InChI=1S/C35H28BrN5O3/c1-44-33-14-8-7-13-31(33)41-34(38-29-16-15-23(36)17-26(29)35(41)43)18-24(42)21-40-32(19-30(39-40)22-9-3-2-4-10-22)27-20-37-28-12-6-5-11-25(27)28/h2-17,20,32,37H,18-19,21H2,1H3. The van der Waals surface area contributed by atoms with Gasteiger partial charge in [0.1, 0.15) is 11.6 Å². The van der Waals surface area contributed by atoms with E-state index in [-0.39, 0.29) is 30.3 Å². The Bertz CT molecular complexity index is 2120. The highest BCUT2D eigenvalue weighted by atomic mass is 79.9. The fourth-order valence-electron chi connectivity index (χ4n) is 5.94. The van der Waals surface area contributed by atoms with Crippen LogP contribution in [0.1, 0.15) is 29.4 Å². The van der Waals surface area contributed by atoms with Gasteiger partial charge in [-0.15, -0.1) is 0 Å². The summed E-state index contributed by atoms with van der Waals surface area (Å²) in [6.45, 7) is 0.0562. The van der Waals surface area contributed by atoms with Crippen molar-refractivity contribution < 1.29 is 9.53 Å². The number of halogens is 1. The quantitative estimate of drug-likeness (QED) is 0.201. The molecule has 8 nitrogen and oxygen atoms in total. The molecule has 1 aliphatic rings. The Labute approximate surface area is 261 Å². The first-order valence-electron chi connectivity index (χ1n) is 14.3. The molecule has 1 aliphatic heterocycles. The molecule has 0 bridgehead atoms. The molecule has 6 aromatic rings. The number of hydrogen-bond acceptors (Lipinski definition) is 6. The number of nitrogens with zero attached hydrogens (tertiary/aromatic N) is 4. The number of rotatable bonds is 8. The topological polar surface area (TPSA) is 92.6 Å². The predicted octanol–water partition coefficient (Wildman–Crippen LogP) is 6.60. The minimum Gasteiger partial charge on any atom is -0.495 e. The molecule has 1 N–H and O–H groups in total. The molecule has 44 heavy (non-hydrogen) atoms. The van der Waals surface area contributed by atoms with Crippen LogP contribution in [0.25, 0.3) is 27.5 Å². The molecule has 0 radical (unpaired) electrons. The van der Waals surface area contributed by atoms with Crippen molar-refractivity contribution in [2.75, 3.05) is 13.7 Å². The maximum absolute atomic E-state index is 13.9. The molecule has 0 saturated carbocycles. The minimum atomic E-state index is -0.272. The van der Waals surface area contributed by atoms with Gasteiger partial charge in [0.15, 0.2) is 5.78 Å². The van der Waals surface area contributed by atoms with Gasteiger partial charge in [0.2, 0.25) is 0 Å². The van der Waals surface area contributed by atoms with Gasteiger partial charge in [-0.25, -0.2) is 4.98 Å². The van der Waals surface area contributed by atoms with E-state index in [1.807, 2.05) is 77.9 Å². The fraction of sp³-hybridized carbons (Fsp3) is 0.143. The molecular weight excluding hydrogens is 618 g/mol. The van der Waals surface area contributed by atoms with Crippen LogP contribution >= 0.6 is 15.9 Å². The second-order valence-electron chi connectivity index (χ2n) is 10.7. The molecule has 0 amide bonds. The number of hydrazone groups is 1. The lowest BCUT2D eigenvalue weighted by atomic mass is 9.98. The van der Waals surface area contributed by atoms with Gasteiger partial charge >= 0.3 is 0 Å². The van der Waals surface area contributed by atoms with E-state index < -0.39 is 0 Å². The van der Waals surface area contributed by atoms with E-state index in [1.54, 1.807) is 31.4 Å². The van der Waals surface area contributed by atoms with Crippen molar-refractivity contribution in [3.05, 3.63) is 135 Å². The van der Waals surface area contributed by atoms with Crippen LogP contribution in [0.4, 0.5) is 0 Å². The Kier molecular flexibility index (Phi) is 7.31. The highest BCUT2D eigenvalue weighted by molar-refractivity contribution is 9.10. The molecule has 4 aromatic carbocycles. The summed E-state index contributed by atoms with van der Waals surface area (Å²) in [4.78, 5) is 36.0. The van der Waals surface area contributed by atoms with Gasteiger partial charge in [-0.1, -0.05) is 76.6 Å². The monoisotopic (exact) mass is 645 g/mol. The van der Waals surface area contributed by atoms with E-state index in [2.05, 4.69) is 27.0 Å². The average molecular weight is 647 g/mol. The number of para-hydroxylation sites is 3. The molecule has 0 fully saturated rings. The van der Waals surface area contributed by atoms with Crippen LogP contribution < -0.4 is 10.3 Å². The third kappa shape index (κ3) is 5.09. The first-order valence-corrected chi connectivity index (χ1v) is 15.1. The summed E-state index contributed by atoms with van der Waals surface area (Å²) >= 11 is 3.47. The second kappa shape index (κ2) is 11.6. The largest absolute Gasteiger partial charge is 0.495 e. The van der Waals surface area contributed by atoms with Crippen molar-refractivity contribution in [1.82, 2.24) is 19.5 Å². The van der Waals surface area contributed by atoms with E-state index in [0.29, 0.717) is 34.6 Å². The lowest BCUT2D eigenvalue weighted by Crippen LogP contribution is -2.30. The van der Waals surface area contributed by atoms with Crippen molar-refractivity contribution in [3.8, 4) is 11.4 Å². The molecule has 0 aliphatic carbocycles. The number of ketones is 1. The van der Waals surface area contributed by atoms with E-state index in [9.17, 15) is 9.59 Å². The van der Waals surface area contributed by atoms with Crippen molar-refractivity contribution in [2.45, 2.75) is 18.9 Å². The zero-order valence-corrected chi connectivity index (χ0v) is 25.5. The summed E-state index contributed by atoms with van der Waals surface area (Å²) < 4.78 is 7.85. The van der Waals surface area contributed by atoms with E-state index in [1.165, 1.54) is 4.57 Å². The van der Waals surface area contributed by atoms with Gasteiger partial charge in [0.25, 0.3) is 5.56 Å². The molecular formula is C35H28BrN5O3. The zero-order valence-electron chi connectivity index (χ0n) is 23.9. The Morgan fingerprint density at radius 1 is 0.977 bits per heavy atom. The molecule has 1 atom stereocenters. The number of ether oxygens (including phenoxy) is 1. The number of benzene rings is 4. The third-order valence-electron chi connectivity index (χ3n) is 8.00. The highest BCUT2D eigenvalue weighted by Gasteiger charge is 2.32. The number of aromatic amines is 1. The molecule has 2 aromatic heterocycles. The van der Waals surface area contributed by atoms with Gasteiger partial charge in [-0.2, -0.15) is 5.10 Å². The van der Waals surface area contributed by atoms with Gasteiger partial charge in [0.05, 0.1) is 48.4 Å². The molecule has 1 unspecified atom stereocenters. The third-order valence-corrected chi connectivity index (χ3v) is 8.50. The van der Waals surface area contributed by atoms with Gasteiger partial charge in [-0.05, 0) is 42.0 Å². The van der Waals surface area contributed by atoms with E-state index in [4.69, 9.17) is 14.8 Å². The Balaban J connectivity index is 1.27. The second-order valence-corrected chi connectivity index (χ2v) is 11.7. The summed E-state index contributed by atoms with van der Waals surface area (Å²) in [5.41, 5.74) is 4.85. The number of H-pyrrole nitrogens is 1. The first kappa shape index (κ1) is 27.8. The molecule has 7 rings (SSSR count). The van der Waals surface area contributed by atoms with Crippen molar-refractivity contribution in [2.24, 2.45) is 5.10 Å². The number of carbonyl (C=O) groups excluding carboxylic acids is 1. The van der Waals surface area contributed by atoms with Crippen LogP contribution in [0.2, 0.25) is 0 Å². The Hall–Kier alpha value is -5.02. The molecule has 9 heteroatoms. The van der Waals surface area contributed by atoms with Crippen LogP contribution in [0.15, 0.2) is 118 Å². The number of nitrogens with one attached hydrogen (secondary N) is 1. The SMILES string of the molecule is COc1ccccc1-n1c(CC(=O)CN2N=C(c3ccccc3)CC2c2c[nH]c3ccccc23)nc2ccc(Br)cc2c1=O. The van der Waals surface area contributed by atoms with E-state index in [0.717, 1.165) is 32.2 Å². The highest BCUT2D eigenvalue weighted by Crippen LogP contribution is 2.36. The number of carbonyl (C=O) groups is 1. The summed E-state index contributed by atoms with van der Waals surface area (Å²) in [5.74, 6) is 0.741. The number of Topliss-reactive ketones (excluding diaryl/α,β-unsaturated/α-hetero) is 1. The smallest absolute Gasteiger partial charge is 0.266 e. The number of methoxy groups -OCH3 is 1. The van der Waals surface area contributed by atoms with Gasteiger partial charge in [0, 0.05) is 33.6 Å². The van der Waals surface area contributed by atoms with Crippen molar-refractivity contribution >= 4 is 49.2 Å². The zero-order chi connectivity index (χ0) is 30.2. The lowest BCUT2D eigenvalue weighted by molar-refractivity contribution is -0.120. The summed E-state index contributed by atoms with van der Waals surface area (Å²) in [7, 11) is 1.56. The molecule has 0 saturated heterocycles. The average Bonchev–Trinajstić information content (AvgIpc) is 3.66. The normalized spacial score (nSPS) is 14.7. The van der Waals surface area contributed by atoms with Crippen molar-refractivity contribution in [1.29, 1.82) is 0 Å². The first-order chi connectivity index (χ1) is 21.5. The summed E-state index contributed by atoms with van der Waals surface area (Å²) in [5, 5.41) is 8.40. The number of aromatic nitrogens is 3. The Morgan fingerprint density at radius 2 is 1.75 bits per heavy atom. The molecule has 218 valence electrons. The van der Waals surface area contributed by atoms with Crippen LogP contribution in [0.3, 0.4) is 0 Å². The Morgan fingerprint density at radius 3 is 2.59 bits per heavy atom. The lowest BCUT2D eigenvalue weighted by Gasteiger charge is -2.23. The number of fused-ring (bicyclic) bond motifs is 2. The molecule has 0 spiro atoms. The van der Waals surface area contributed by atoms with Crippen molar-refractivity contribution in [3.63, 3.8) is 0 Å². The predicted molar refractivity (Wildman–Crippen MR) is 176 cm³/mol. The summed E-state index contributed by atoms with van der Waals surface area (Å²) in [6.07, 6.45) is 2.61. The fourth-order valence-corrected chi connectivity index (χ4v) is 6.31.